The lowest BCUT2D eigenvalue weighted by molar-refractivity contribution is -0.149. The minimum atomic E-state index is -0.0604. The Balaban J connectivity index is 1.56. The SMILES string of the molecule is CC(=O)NC1CCC(C(=O)N2CC[C@@]3(C)c4cccc(O)c4C[C@@H]2C3(C)C)CC1. The minimum Gasteiger partial charge on any atom is -0.508 e. The molecule has 5 nitrogen and oxygen atoms in total. The van der Waals surface area contributed by atoms with E-state index in [1.54, 1.807) is 13.0 Å². The highest BCUT2D eigenvalue weighted by Crippen LogP contribution is 2.57. The summed E-state index contributed by atoms with van der Waals surface area (Å²) in [7, 11) is 0. The number of aromatic hydroxyl groups is 1. The third-order valence-corrected chi connectivity index (χ3v) is 8.39. The molecular weight excluding hydrogens is 364 g/mol. The summed E-state index contributed by atoms with van der Waals surface area (Å²) >= 11 is 0. The predicted molar refractivity (Wildman–Crippen MR) is 113 cm³/mol. The molecule has 0 spiro atoms. The van der Waals surface area contributed by atoms with Crippen LogP contribution in [0, 0.1) is 11.3 Å². The quantitative estimate of drug-likeness (QED) is 0.801. The summed E-state index contributed by atoms with van der Waals surface area (Å²) in [6, 6.07) is 6.18. The van der Waals surface area contributed by atoms with Crippen LogP contribution in [-0.2, 0) is 21.4 Å². The van der Waals surface area contributed by atoms with Crippen molar-refractivity contribution in [1.29, 1.82) is 0 Å². The summed E-state index contributed by atoms with van der Waals surface area (Å²) < 4.78 is 0. The van der Waals surface area contributed by atoms with Gasteiger partial charge in [-0.1, -0.05) is 32.9 Å². The fourth-order valence-electron chi connectivity index (χ4n) is 6.20. The van der Waals surface area contributed by atoms with E-state index in [1.807, 2.05) is 6.07 Å². The molecule has 1 aliphatic heterocycles. The Morgan fingerprint density at radius 2 is 1.83 bits per heavy atom. The van der Waals surface area contributed by atoms with Crippen molar-refractivity contribution in [3.63, 3.8) is 0 Å². The van der Waals surface area contributed by atoms with Crippen LogP contribution in [0.2, 0.25) is 0 Å². The molecule has 5 heteroatoms. The summed E-state index contributed by atoms with van der Waals surface area (Å²) in [5, 5.41) is 13.5. The Hall–Kier alpha value is -2.04. The highest BCUT2D eigenvalue weighted by Gasteiger charge is 2.57. The zero-order valence-corrected chi connectivity index (χ0v) is 18.1. The van der Waals surface area contributed by atoms with E-state index in [1.165, 1.54) is 5.56 Å². The van der Waals surface area contributed by atoms with Gasteiger partial charge in [-0.25, -0.2) is 0 Å². The van der Waals surface area contributed by atoms with Crippen molar-refractivity contribution in [3.8, 4) is 5.75 Å². The summed E-state index contributed by atoms with van der Waals surface area (Å²) in [5.41, 5.74) is 2.16. The first-order valence-corrected chi connectivity index (χ1v) is 11.0. The first kappa shape index (κ1) is 20.2. The maximum absolute atomic E-state index is 13.5. The number of nitrogens with one attached hydrogen (secondary N) is 1. The number of rotatable bonds is 2. The molecule has 0 unspecified atom stereocenters. The van der Waals surface area contributed by atoms with Crippen LogP contribution in [0.4, 0.5) is 0 Å². The monoisotopic (exact) mass is 398 g/mol. The number of likely N-dealkylation sites (tertiary alicyclic amines) is 1. The number of piperidine rings is 1. The van der Waals surface area contributed by atoms with Gasteiger partial charge >= 0.3 is 0 Å². The van der Waals surface area contributed by atoms with E-state index in [0.717, 1.165) is 50.6 Å². The van der Waals surface area contributed by atoms with Crippen molar-refractivity contribution in [2.75, 3.05) is 6.54 Å². The number of hydrogen-bond donors (Lipinski definition) is 2. The number of carbonyl (C=O) groups excluding carboxylic acids is 2. The molecule has 1 heterocycles. The standard InChI is InChI=1S/C24H34N2O3/c1-15(27)25-17-10-8-16(9-11-17)22(29)26-13-12-24(4)19-6-5-7-20(28)18(19)14-21(26)23(24,2)3/h5-7,16-17,21,28H,8-14H2,1-4H3,(H,25,27)/t16?,17?,21-,24+/m1/s1. The number of carbonyl (C=O) groups is 2. The van der Waals surface area contributed by atoms with Gasteiger partial charge in [0.05, 0.1) is 0 Å². The van der Waals surface area contributed by atoms with Gasteiger partial charge in [0.1, 0.15) is 5.75 Å². The summed E-state index contributed by atoms with van der Waals surface area (Å²) in [4.78, 5) is 27.0. The third-order valence-electron chi connectivity index (χ3n) is 8.39. The van der Waals surface area contributed by atoms with Gasteiger partial charge in [0, 0.05) is 36.9 Å². The van der Waals surface area contributed by atoms with E-state index in [4.69, 9.17) is 0 Å². The maximum Gasteiger partial charge on any atom is 0.225 e. The van der Waals surface area contributed by atoms with Crippen molar-refractivity contribution < 1.29 is 14.7 Å². The molecule has 0 aromatic heterocycles. The molecule has 2 N–H and O–H groups in total. The van der Waals surface area contributed by atoms with Gasteiger partial charge in [0.25, 0.3) is 0 Å². The van der Waals surface area contributed by atoms with Crippen molar-refractivity contribution >= 4 is 11.8 Å². The van der Waals surface area contributed by atoms with Crippen LogP contribution >= 0.6 is 0 Å². The average molecular weight is 399 g/mol. The molecule has 2 bridgehead atoms. The van der Waals surface area contributed by atoms with E-state index in [0.29, 0.717) is 5.75 Å². The fraction of sp³-hybridized carbons (Fsp3) is 0.667. The molecule has 1 saturated carbocycles. The molecule has 1 aromatic carbocycles. The molecule has 4 rings (SSSR count). The van der Waals surface area contributed by atoms with E-state index < -0.39 is 0 Å². The van der Waals surface area contributed by atoms with Crippen LogP contribution in [0.1, 0.15) is 70.9 Å². The molecule has 1 aromatic rings. The summed E-state index contributed by atoms with van der Waals surface area (Å²) in [6.07, 6.45) is 5.06. The lowest BCUT2D eigenvalue weighted by Gasteiger charge is -2.61. The van der Waals surface area contributed by atoms with E-state index in [2.05, 4.69) is 37.1 Å². The normalized spacial score (nSPS) is 33.0. The molecule has 1 saturated heterocycles. The molecule has 3 aliphatic rings. The Morgan fingerprint density at radius 3 is 2.48 bits per heavy atom. The van der Waals surface area contributed by atoms with Gasteiger partial charge in [-0.3, -0.25) is 9.59 Å². The smallest absolute Gasteiger partial charge is 0.225 e. The van der Waals surface area contributed by atoms with Crippen LogP contribution in [0.25, 0.3) is 0 Å². The summed E-state index contributed by atoms with van der Waals surface area (Å²) in [6.45, 7) is 9.22. The Morgan fingerprint density at radius 1 is 1.14 bits per heavy atom. The zero-order valence-electron chi connectivity index (χ0n) is 18.1. The van der Waals surface area contributed by atoms with Crippen LogP contribution in [0.3, 0.4) is 0 Å². The minimum absolute atomic E-state index is 0.0116. The van der Waals surface area contributed by atoms with Crippen LogP contribution < -0.4 is 5.32 Å². The number of phenols is 1. The lowest BCUT2D eigenvalue weighted by Crippen LogP contribution is -2.65. The highest BCUT2D eigenvalue weighted by molar-refractivity contribution is 5.80. The fourth-order valence-corrected chi connectivity index (χ4v) is 6.20. The largest absolute Gasteiger partial charge is 0.508 e. The summed E-state index contributed by atoms with van der Waals surface area (Å²) in [5.74, 6) is 0.688. The van der Waals surface area contributed by atoms with E-state index in [-0.39, 0.29) is 40.6 Å². The highest BCUT2D eigenvalue weighted by atomic mass is 16.3. The van der Waals surface area contributed by atoms with Gasteiger partial charge < -0.3 is 15.3 Å². The number of hydrogen-bond acceptors (Lipinski definition) is 3. The Kier molecular flexibility index (Phi) is 4.91. The predicted octanol–water partition coefficient (Wildman–Crippen LogP) is 3.53. The molecule has 2 amide bonds. The number of fused-ring (bicyclic) bond motifs is 4. The van der Waals surface area contributed by atoms with Gasteiger partial charge in [-0.2, -0.15) is 0 Å². The molecule has 2 aliphatic carbocycles. The Bertz CT molecular complexity index is 825. The van der Waals surface area contributed by atoms with Gasteiger partial charge in [0.15, 0.2) is 0 Å². The number of benzene rings is 1. The van der Waals surface area contributed by atoms with E-state index in [9.17, 15) is 14.7 Å². The van der Waals surface area contributed by atoms with Crippen LogP contribution in [-0.4, -0.2) is 40.4 Å². The zero-order chi connectivity index (χ0) is 21.0. The van der Waals surface area contributed by atoms with Crippen LogP contribution in [0.15, 0.2) is 18.2 Å². The van der Waals surface area contributed by atoms with Crippen molar-refractivity contribution in [1.82, 2.24) is 10.2 Å². The molecule has 2 fully saturated rings. The third kappa shape index (κ3) is 3.13. The number of amides is 2. The number of phenolic OH excluding ortho intramolecular Hbond substituents is 1. The maximum atomic E-state index is 13.5. The van der Waals surface area contributed by atoms with Crippen molar-refractivity contribution in [2.45, 2.75) is 83.7 Å². The second-order valence-corrected chi connectivity index (χ2v) is 10.1. The molecule has 29 heavy (non-hydrogen) atoms. The van der Waals surface area contributed by atoms with Crippen molar-refractivity contribution in [2.24, 2.45) is 11.3 Å². The lowest BCUT2D eigenvalue weighted by atomic mass is 9.51. The first-order chi connectivity index (χ1) is 13.6. The van der Waals surface area contributed by atoms with Gasteiger partial charge in [0.2, 0.25) is 11.8 Å². The number of nitrogens with zero attached hydrogens (tertiary/aromatic N) is 1. The molecule has 0 radical (unpaired) electrons. The average Bonchev–Trinajstić information content (AvgIpc) is 2.65. The van der Waals surface area contributed by atoms with Gasteiger partial charge in [-0.15, -0.1) is 0 Å². The molecular formula is C24H34N2O3. The Labute approximate surface area is 173 Å². The second kappa shape index (κ2) is 7.03. The second-order valence-electron chi connectivity index (χ2n) is 10.1. The van der Waals surface area contributed by atoms with Crippen LogP contribution in [0.5, 0.6) is 5.75 Å². The topological polar surface area (TPSA) is 69.6 Å². The van der Waals surface area contributed by atoms with E-state index >= 15 is 0 Å². The molecule has 158 valence electrons. The molecule has 2 atom stereocenters. The first-order valence-electron chi connectivity index (χ1n) is 11.0. The van der Waals surface area contributed by atoms with Crippen molar-refractivity contribution in [3.05, 3.63) is 29.3 Å². The van der Waals surface area contributed by atoms with Gasteiger partial charge in [-0.05, 0) is 61.1 Å².